The molecule has 76 valence electrons. The van der Waals surface area contributed by atoms with Crippen LogP contribution in [-0.4, -0.2) is 6.04 Å². The molecule has 1 fully saturated rings. The van der Waals surface area contributed by atoms with Gasteiger partial charge in [-0.25, -0.2) is 4.39 Å². The highest BCUT2D eigenvalue weighted by atomic mass is 79.9. The Morgan fingerprint density at radius 1 is 1.43 bits per heavy atom. The molecule has 0 aromatic heterocycles. The van der Waals surface area contributed by atoms with Gasteiger partial charge in [-0.3, -0.25) is 0 Å². The number of rotatable bonds is 1. The van der Waals surface area contributed by atoms with Crippen LogP contribution in [0.2, 0.25) is 5.02 Å². The zero-order chi connectivity index (χ0) is 10.3. The third-order valence-corrected chi connectivity index (χ3v) is 4.05. The summed E-state index contributed by atoms with van der Waals surface area (Å²) in [6.45, 7) is 0. The van der Waals surface area contributed by atoms with Gasteiger partial charge in [-0.15, -0.1) is 0 Å². The molecular formula is C10H10BrClFN. The topological polar surface area (TPSA) is 26.0 Å². The number of hydrogen-bond donors (Lipinski definition) is 1. The van der Waals surface area contributed by atoms with E-state index in [1.54, 1.807) is 12.1 Å². The molecule has 0 spiro atoms. The maximum Gasteiger partial charge on any atom is 0.146 e. The second-order valence-electron chi connectivity index (χ2n) is 3.61. The summed E-state index contributed by atoms with van der Waals surface area (Å²) in [6.07, 6.45) is 1.92. The van der Waals surface area contributed by atoms with E-state index in [4.69, 9.17) is 17.3 Å². The molecule has 1 aliphatic rings. The van der Waals surface area contributed by atoms with E-state index in [1.165, 1.54) is 0 Å². The Morgan fingerprint density at radius 2 is 2.14 bits per heavy atom. The van der Waals surface area contributed by atoms with Crippen molar-refractivity contribution in [2.45, 2.75) is 24.8 Å². The molecule has 0 amide bonds. The lowest BCUT2D eigenvalue weighted by Crippen LogP contribution is -2.37. The maximum atomic E-state index is 13.7. The van der Waals surface area contributed by atoms with E-state index in [-0.39, 0.29) is 22.8 Å². The lowest BCUT2D eigenvalue weighted by molar-refractivity contribution is 0.337. The van der Waals surface area contributed by atoms with Crippen molar-refractivity contribution < 1.29 is 4.39 Å². The molecule has 1 aliphatic carbocycles. The van der Waals surface area contributed by atoms with E-state index in [0.29, 0.717) is 10.0 Å². The van der Waals surface area contributed by atoms with Gasteiger partial charge in [0.15, 0.2) is 0 Å². The van der Waals surface area contributed by atoms with Crippen molar-refractivity contribution in [3.8, 4) is 0 Å². The molecule has 14 heavy (non-hydrogen) atoms. The van der Waals surface area contributed by atoms with Crippen LogP contribution in [0.3, 0.4) is 0 Å². The summed E-state index contributed by atoms with van der Waals surface area (Å²) in [6, 6.07) is 3.61. The predicted octanol–water partition coefficient (Wildman–Crippen LogP) is 3.45. The molecule has 1 nitrogen and oxygen atoms in total. The fourth-order valence-corrected chi connectivity index (χ4v) is 2.22. The van der Waals surface area contributed by atoms with E-state index >= 15 is 0 Å². The third-order valence-electron chi connectivity index (χ3n) is 2.79. The Bertz CT molecular complexity index is 369. The van der Waals surface area contributed by atoms with E-state index < -0.39 is 0 Å². The van der Waals surface area contributed by atoms with Crippen LogP contribution in [0, 0.1) is 5.82 Å². The normalized spacial score (nSPS) is 26.0. The zero-order valence-electron chi connectivity index (χ0n) is 7.43. The SMILES string of the molecule is NC1CCC1c1ccc(Br)c(Cl)c1F. The van der Waals surface area contributed by atoms with Crippen molar-refractivity contribution in [1.82, 2.24) is 0 Å². The number of hydrogen-bond acceptors (Lipinski definition) is 1. The first kappa shape index (κ1) is 10.4. The van der Waals surface area contributed by atoms with Crippen molar-refractivity contribution in [1.29, 1.82) is 0 Å². The molecule has 2 unspecified atom stereocenters. The van der Waals surface area contributed by atoms with Crippen molar-refractivity contribution in [3.05, 3.63) is 33.0 Å². The minimum Gasteiger partial charge on any atom is -0.327 e. The Labute approximate surface area is 95.6 Å². The van der Waals surface area contributed by atoms with Crippen LogP contribution < -0.4 is 5.73 Å². The number of nitrogens with two attached hydrogens (primary N) is 1. The first-order chi connectivity index (χ1) is 6.61. The Balaban J connectivity index is 2.39. The second kappa shape index (κ2) is 3.80. The van der Waals surface area contributed by atoms with Crippen LogP contribution in [0.1, 0.15) is 24.3 Å². The zero-order valence-corrected chi connectivity index (χ0v) is 9.78. The summed E-state index contributed by atoms with van der Waals surface area (Å²) in [4.78, 5) is 0. The van der Waals surface area contributed by atoms with Gasteiger partial charge >= 0.3 is 0 Å². The molecule has 2 rings (SSSR count). The van der Waals surface area contributed by atoms with Gasteiger partial charge in [0.25, 0.3) is 0 Å². The summed E-state index contributed by atoms with van der Waals surface area (Å²) in [5.41, 5.74) is 6.44. The number of halogens is 3. The molecule has 1 aromatic rings. The van der Waals surface area contributed by atoms with Gasteiger partial charge in [0.2, 0.25) is 0 Å². The molecule has 0 heterocycles. The van der Waals surface area contributed by atoms with Crippen LogP contribution in [0.4, 0.5) is 4.39 Å². The van der Waals surface area contributed by atoms with Crippen LogP contribution in [-0.2, 0) is 0 Å². The highest BCUT2D eigenvalue weighted by Crippen LogP contribution is 2.39. The lowest BCUT2D eigenvalue weighted by Gasteiger charge is -2.34. The fraction of sp³-hybridized carbons (Fsp3) is 0.400. The van der Waals surface area contributed by atoms with Crippen LogP contribution in [0.5, 0.6) is 0 Å². The largest absolute Gasteiger partial charge is 0.327 e. The van der Waals surface area contributed by atoms with Gasteiger partial charge in [0.1, 0.15) is 5.82 Å². The van der Waals surface area contributed by atoms with Gasteiger partial charge in [0.05, 0.1) is 5.02 Å². The second-order valence-corrected chi connectivity index (χ2v) is 4.84. The summed E-state index contributed by atoms with van der Waals surface area (Å²) in [5, 5.41) is 0.154. The number of benzene rings is 1. The molecule has 4 heteroatoms. The lowest BCUT2D eigenvalue weighted by atomic mass is 9.75. The molecular weight excluding hydrogens is 268 g/mol. The average Bonchev–Trinajstić information content (AvgIpc) is 2.16. The van der Waals surface area contributed by atoms with Gasteiger partial charge in [-0.05, 0) is 40.4 Å². The van der Waals surface area contributed by atoms with Gasteiger partial charge in [-0.1, -0.05) is 17.7 Å². The van der Waals surface area contributed by atoms with Crippen LogP contribution in [0.15, 0.2) is 16.6 Å². The summed E-state index contributed by atoms with van der Waals surface area (Å²) >= 11 is 8.97. The van der Waals surface area contributed by atoms with Crippen molar-refractivity contribution in [2.24, 2.45) is 5.73 Å². The summed E-state index contributed by atoms with van der Waals surface area (Å²) in [5.74, 6) is -0.193. The highest BCUT2D eigenvalue weighted by Gasteiger charge is 2.31. The fourth-order valence-electron chi connectivity index (χ4n) is 1.74. The van der Waals surface area contributed by atoms with Gasteiger partial charge in [0, 0.05) is 16.4 Å². The Morgan fingerprint density at radius 3 is 2.64 bits per heavy atom. The Kier molecular flexibility index (Phi) is 2.82. The molecule has 1 aromatic carbocycles. The summed E-state index contributed by atoms with van der Waals surface area (Å²) in [7, 11) is 0. The minimum absolute atomic E-state index is 0.0849. The minimum atomic E-state index is -0.332. The first-order valence-corrected chi connectivity index (χ1v) is 5.67. The molecule has 0 aliphatic heterocycles. The average molecular weight is 279 g/mol. The van der Waals surface area contributed by atoms with Crippen molar-refractivity contribution in [3.63, 3.8) is 0 Å². The van der Waals surface area contributed by atoms with Crippen molar-refractivity contribution in [2.75, 3.05) is 0 Å². The van der Waals surface area contributed by atoms with Crippen LogP contribution >= 0.6 is 27.5 Å². The van der Waals surface area contributed by atoms with E-state index in [0.717, 1.165) is 12.8 Å². The Hall–Kier alpha value is -0.120. The summed E-state index contributed by atoms with van der Waals surface area (Å²) < 4.78 is 14.3. The smallest absolute Gasteiger partial charge is 0.146 e. The van der Waals surface area contributed by atoms with E-state index in [1.807, 2.05) is 0 Å². The third kappa shape index (κ3) is 1.58. The molecule has 2 atom stereocenters. The molecule has 0 bridgehead atoms. The highest BCUT2D eigenvalue weighted by molar-refractivity contribution is 9.10. The quantitative estimate of drug-likeness (QED) is 0.782. The molecule has 0 radical (unpaired) electrons. The molecule has 2 N–H and O–H groups in total. The van der Waals surface area contributed by atoms with Gasteiger partial charge < -0.3 is 5.73 Å². The predicted molar refractivity (Wildman–Crippen MR) is 59.1 cm³/mol. The van der Waals surface area contributed by atoms with E-state index in [2.05, 4.69) is 15.9 Å². The van der Waals surface area contributed by atoms with E-state index in [9.17, 15) is 4.39 Å². The first-order valence-electron chi connectivity index (χ1n) is 4.50. The standard InChI is InChI=1S/C10H10BrClFN/c11-7-3-1-6(10(13)9(7)12)5-2-4-8(5)14/h1,3,5,8H,2,4,14H2. The maximum absolute atomic E-state index is 13.7. The van der Waals surface area contributed by atoms with Crippen molar-refractivity contribution >= 4 is 27.5 Å². The van der Waals surface area contributed by atoms with Gasteiger partial charge in [-0.2, -0.15) is 0 Å². The molecule has 1 saturated carbocycles. The van der Waals surface area contributed by atoms with Crippen LogP contribution in [0.25, 0.3) is 0 Å². The monoisotopic (exact) mass is 277 g/mol. The molecule has 0 saturated heterocycles.